The van der Waals surface area contributed by atoms with Crippen LogP contribution >= 0.6 is 0 Å². The van der Waals surface area contributed by atoms with E-state index in [0.29, 0.717) is 6.21 Å². The van der Waals surface area contributed by atoms with Gasteiger partial charge in [-0.3, -0.25) is 9.52 Å². The lowest BCUT2D eigenvalue weighted by Crippen LogP contribution is -2.43. The minimum atomic E-state index is -5.29. The molecule has 0 fully saturated rings. The van der Waals surface area contributed by atoms with Crippen LogP contribution in [0.25, 0.3) is 0 Å². The van der Waals surface area contributed by atoms with Crippen molar-refractivity contribution in [2.75, 3.05) is 10.5 Å². The van der Waals surface area contributed by atoms with Gasteiger partial charge in [0.25, 0.3) is 20.0 Å². The number of carboxylic acid groups (broad SMARTS) is 1. The van der Waals surface area contributed by atoms with Crippen LogP contribution < -0.4 is 10.5 Å². The molecule has 0 aliphatic heterocycles. The third kappa shape index (κ3) is 7.48. The minimum Gasteiger partial charge on any atom is -0.480 e. The van der Waals surface area contributed by atoms with Gasteiger partial charge in [0, 0.05) is 24.7 Å². The molecule has 0 amide bonds. The Morgan fingerprint density at radius 1 is 1.06 bits per heavy atom. The van der Waals surface area contributed by atoms with Gasteiger partial charge >= 0.3 is 12.1 Å². The van der Waals surface area contributed by atoms with Gasteiger partial charge < -0.3 is 15.9 Å². The van der Waals surface area contributed by atoms with Crippen molar-refractivity contribution in [3.05, 3.63) is 60.2 Å². The molecule has 0 radical (unpaired) electrons. The molecule has 0 heterocycles. The minimum absolute atomic E-state index is 0.0778. The average Bonchev–Trinajstić information content (AvgIpc) is 2.77. The molecule has 0 saturated heterocycles. The summed E-state index contributed by atoms with van der Waals surface area (Å²) in [4.78, 5) is 10.5. The number of nitrogens with two attached hydrogens (primary N) is 1. The number of aliphatic carboxylic acids is 1. The Hall–Kier alpha value is -3.01. The molecule has 0 spiro atoms. The highest BCUT2D eigenvalue weighted by Gasteiger charge is 2.55. The number of nitrogens with one attached hydrogen (secondary N) is 1. The number of aliphatic hydroxyl groups is 1. The molecule has 2 aromatic carbocycles. The van der Waals surface area contributed by atoms with Gasteiger partial charge in [0.05, 0.1) is 10.6 Å². The first-order chi connectivity index (χ1) is 16.1. The van der Waals surface area contributed by atoms with Gasteiger partial charge in [-0.05, 0) is 29.8 Å². The highest BCUT2D eigenvalue weighted by molar-refractivity contribution is 7.92. The number of carboxylic acids is 1. The first-order valence-electron chi connectivity index (χ1n) is 9.80. The average molecular weight is 538 g/mol. The molecular formula is C20H22F3N3O7S2. The van der Waals surface area contributed by atoms with Crippen LogP contribution in [0.5, 0.6) is 0 Å². The van der Waals surface area contributed by atoms with Crippen molar-refractivity contribution in [1.29, 1.82) is 0 Å². The number of hydrogen-bond donors (Lipinski definition) is 4. The van der Waals surface area contributed by atoms with E-state index < -0.39 is 68.0 Å². The summed E-state index contributed by atoms with van der Waals surface area (Å²) in [5, 5.41) is 19.0. The maximum atomic E-state index is 13.7. The van der Waals surface area contributed by atoms with E-state index >= 15 is 0 Å². The number of sulfonamides is 2. The highest BCUT2D eigenvalue weighted by Crippen LogP contribution is 2.42. The van der Waals surface area contributed by atoms with E-state index in [1.807, 2.05) is 0 Å². The zero-order valence-corrected chi connectivity index (χ0v) is 19.5. The van der Waals surface area contributed by atoms with E-state index in [1.165, 1.54) is 24.3 Å². The first kappa shape index (κ1) is 28.2. The second-order valence-electron chi connectivity index (χ2n) is 7.36. The quantitative estimate of drug-likeness (QED) is 0.314. The molecule has 15 heteroatoms. The van der Waals surface area contributed by atoms with Gasteiger partial charge in [-0.1, -0.05) is 30.3 Å². The summed E-state index contributed by atoms with van der Waals surface area (Å²) in [6.45, 7) is 0. The van der Waals surface area contributed by atoms with Crippen LogP contribution in [0.15, 0.2) is 63.9 Å². The van der Waals surface area contributed by atoms with Gasteiger partial charge in [-0.25, -0.2) is 16.8 Å². The lowest BCUT2D eigenvalue weighted by molar-refractivity contribution is -0.267. The molecule has 2 atom stereocenters. The maximum absolute atomic E-state index is 13.7. The van der Waals surface area contributed by atoms with Crippen molar-refractivity contribution in [1.82, 2.24) is 0 Å². The Labute approximate surface area is 199 Å². The fourth-order valence-corrected chi connectivity index (χ4v) is 4.83. The molecule has 1 unspecified atom stereocenters. The Balaban J connectivity index is 2.21. The van der Waals surface area contributed by atoms with E-state index in [2.05, 4.69) is 9.12 Å². The summed E-state index contributed by atoms with van der Waals surface area (Å²) in [5.74, 6) is -2.64. The van der Waals surface area contributed by atoms with Crippen LogP contribution in [0.1, 0.15) is 18.4 Å². The summed E-state index contributed by atoms with van der Waals surface area (Å²) >= 11 is 0. The molecule has 35 heavy (non-hydrogen) atoms. The second kappa shape index (κ2) is 10.7. The van der Waals surface area contributed by atoms with Crippen LogP contribution in [0, 0.1) is 0 Å². The molecule has 0 bridgehead atoms. The fraction of sp³-hybridized carbons (Fsp3) is 0.300. The third-order valence-electron chi connectivity index (χ3n) is 4.77. The maximum Gasteiger partial charge on any atom is 0.421 e. The molecule has 5 N–H and O–H groups in total. The standard InChI is InChI=1S/C20H22F3N3O7S2/c21-20(22,23)19(29,11-13-34(30,31)25-12-10-17(24)18(27)28)14-6-8-15(9-7-14)26-35(32,33)16-4-2-1-3-5-16/h1-9,12,17,26,29H,10-11,13,24H2,(H,27,28)/t17-,19?/m0/s1. The van der Waals surface area contributed by atoms with Crippen molar-refractivity contribution in [3.8, 4) is 0 Å². The Morgan fingerprint density at radius 2 is 1.63 bits per heavy atom. The highest BCUT2D eigenvalue weighted by atomic mass is 32.2. The third-order valence-corrected chi connectivity index (χ3v) is 7.36. The first-order valence-corrected chi connectivity index (χ1v) is 12.9. The number of nitrogens with zero attached hydrogens (tertiary/aromatic N) is 1. The zero-order valence-electron chi connectivity index (χ0n) is 17.9. The van der Waals surface area contributed by atoms with E-state index in [4.69, 9.17) is 10.8 Å². The van der Waals surface area contributed by atoms with Crippen molar-refractivity contribution in [3.63, 3.8) is 0 Å². The Morgan fingerprint density at radius 3 is 2.14 bits per heavy atom. The van der Waals surface area contributed by atoms with Crippen molar-refractivity contribution in [2.45, 2.75) is 35.6 Å². The normalized spacial score (nSPS) is 15.5. The van der Waals surface area contributed by atoms with Crippen LogP contribution in [-0.4, -0.2) is 57.2 Å². The van der Waals surface area contributed by atoms with E-state index in [-0.39, 0.29) is 10.6 Å². The summed E-state index contributed by atoms with van der Waals surface area (Å²) in [7, 11) is -8.51. The molecule has 0 aromatic heterocycles. The van der Waals surface area contributed by atoms with E-state index in [1.54, 1.807) is 6.07 Å². The van der Waals surface area contributed by atoms with Crippen LogP contribution in [0.3, 0.4) is 0 Å². The molecule has 2 rings (SSSR count). The summed E-state index contributed by atoms with van der Waals surface area (Å²) < 4.78 is 95.2. The van der Waals surface area contributed by atoms with E-state index in [9.17, 15) is 39.9 Å². The SMILES string of the molecule is N[C@@H](CC=NS(=O)(=O)CCC(O)(c1ccc(NS(=O)(=O)c2ccccc2)cc1)C(F)(F)F)C(=O)O. The molecule has 2 aromatic rings. The predicted octanol–water partition coefficient (Wildman–Crippen LogP) is 1.83. The molecule has 0 aliphatic rings. The zero-order chi connectivity index (χ0) is 26.5. The predicted molar refractivity (Wildman–Crippen MR) is 121 cm³/mol. The summed E-state index contributed by atoms with van der Waals surface area (Å²) in [6.07, 6.45) is -6.42. The summed E-state index contributed by atoms with van der Waals surface area (Å²) in [6, 6.07) is 9.38. The largest absolute Gasteiger partial charge is 0.480 e. The van der Waals surface area contributed by atoms with Crippen LogP contribution in [0.2, 0.25) is 0 Å². The fourth-order valence-electron chi connectivity index (χ4n) is 2.78. The van der Waals surface area contributed by atoms with Gasteiger partial charge in [0.15, 0.2) is 5.60 Å². The molecule has 0 aliphatic carbocycles. The van der Waals surface area contributed by atoms with Gasteiger partial charge in [-0.15, -0.1) is 0 Å². The number of carbonyl (C=O) groups is 1. The molecule has 0 saturated carbocycles. The number of rotatable bonds is 11. The summed E-state index contributed by atoms with van der Waals surface area (Å²) in [5.41, 5.74) is 0.784. The Kier molecular flexibility index (Phi) is 8.65. The number of hydrogen-bond acceptors (Lipinski definition) is 7. The van der Waals surface area contributed by atoms with Crippen LogP contribution in [0.4, 0.5) is 18.9 Å². The van der Waals surface area contributed by atoms with Gasteiger partial charge in [0.2, 0.25) is 0 Å². The molecular weight excluding hydrogens is 515 g/mol. The van der Waals surface area contributed by atoms with Crippen molar-refractivity contribution in [2.24, 2.45) is 10.1 Å². The van der Waals surface area contributed by atoms with E-state index in [0.717, 1.165) is 24.3 Å². The smallest absolute Gasteiger partial charge is 0.421 e. The van der Waals surface area contributed by atoms with Gasteiger partial charge in [-0.2, -0.15) is 17.6 Å². The number of halogens is 3. The molecule has 10 nitrogen and oxygen atoms in total. The van der Waals surface area contributed by atoms with Gasteiger partial charge in [0.1, 0.15) is 6.04 Å². The monoisotopic (exact) mass is 537 g/mol. The second-order valence-corrected chi connectivity index (χ2v) is 10.8. The van der Waals surface area contributed by atoms with Crippen molar-refractivity contribution >= 4 is 37.9 Å². The number of anilines is 1. The Bertz CT molecular complexity index is 1270. The number of benzene rings is 2. The lowest BCUT2D eigenvalue weighted by Gasteiger charge is -2.30. The van der Waals surface area contributed by atoms with Crippen LogP contribution in [-0.2, 0) is 30.4 Å². The van der Waals surface area contributed by atoms with Crippen molar-refractivity contribution < 1.29 is 45.0 Å². The molecule has 192 valence electrons. The topological polar surface area (TPSA) is 176 Å². The lowest BCUT2D eigenvalue weighted by atomic mass is 9.90. The number of alkyl halides is 3.